The van der Waals surface area contributed by atoms with Crippen molar-refractivity contribution in [3.05, 3.63) is 59.7 Å². The second-order valence-electron chi connectivity index (χ2n) is 6.85. The highest BCUT2D eigenvalue weighted by Gasteiger charge is 2.10. The minimum absolute atomic E-state index is 0.0437. The first-order valence-corrected chi connectivity index (χ1v) is 10.1. The Bertz CT molecular complexity index is 824. The van der Waals surface area contributed by atoms with Crippen LogP contribution < -0.4 is 25.4 Å². The molecule has 0 saturated carbocycles. The van der Waals surface area contributed by atoms with Gasteiger partial charge in [0.15, 0.2) is 24.1 Å². The van der Waals surface area contributed by atoms with Crippen LogP contribution in [0, 0.1) is 0 Å². The number of amides is 1. The van der Waals surface area contributed by atoms with E-state index < -0.39 is 0 Å². The van der Waals surface area contributed by atoms with Crippen molar-refractivity contribution >= 4 is 11.9 Å². The van der Waals surface area contributed by atoms with Crippen molar-refractivity contribution in [1.29, 1.82) is 0 Å². The fourth-order valence-corrected chi connectivity index (χ4v) is 2.89. The number of nitrogens with one attached hydrogen (secondary N) is 3. The van der Waals surface area contributed by atoms with Gasteiger partial charge >= 0.3 is 0 Å². The van der Waals surface area contributed by atoms with Crippen molar-refractivity contribution < 1.29 is 14.3 Å². The van der Waals surface area contributed by atoms with Gasteiger partial charge < -0.3 is 25.4 Å². The molecule has 0 fully saturated rings. The van der Waals surface area contributed by atoms with Crippen LogP contribution in [0.5, 0.6) is 11.5 Å². The summed E-state index contributed by atoms with van der Waals surface area (Å²) in [6, 6.07) is 16.0. The van der Waals surface area contributed by atoms with Crippen LogP contribution in [0.3, 0.4) is 0 Å². The zero-order valence-corrected chi connectivity index (χ0v) is 18.2. The molecule has 0 bridgehead atoms. The van der Waals surface area contributed by atoms with E-state index in [-0.39, 0.29) is 12.5 Å². The summed E-state index contributed by atoms with van der Waals surface area (Å²) in [5.74, 6) is 2.05. The first-order chi connectivity index (χ1) is 14.6. The second-order valence-corrected chi connectivity index (χ2v) is 6.85. The molecule has 30 heavy (non-hydrogen) atoms. The Morgan fingerprint density at radius 3 is 2.50 bits per heavy atom. The van der Waals surface area contributed by atoms with Crippen LogP contribution >= 0.6 is 0 Å². The lowest BCUT2D eigenvalue weighted by molar-refractivity contribution is -0.123. The van der Waals surface area contributed by atoms with E-state index in [1.165, 1.54) is 5.56 Å². The minimum atomic E-state index is -0.162. The topological polar surface area (TPSA) is 84.0 Å². The number of nitrogens with zero attached hydrogens (tertiary/aromatic N) is 1. The lowest BCUT2D eigenvalue weighted by Gasteiger charge is -2.17. The first-order valence-electron chi connectivity index (χ1n) is 10.1. The van der Waals surface area contributed by atoms with Crippen LogP contribution in [-0.4, -0.2) is 45.7 Å². The van der Waals surface area contributed by atoms with Gasteiger partial charge in [-0.15, -0.1) is 0 Å². The van der Waals surface area contributed by atoms with Crippen molar-refractivity contribution in [2.75, 3.05) is 33.9 Å². The number of methoxy groups -OCH3 is 1. The molecule has 7 nitrogen and oxygen atoms in total. The summed E-state index contributed by atoms with van der Waals surface area (Å²) in [4.78, 5) is 15.9. The van der Waals surface area contributed by atoms with Crippen LogP contribution in [0.2, 0.25) is 0 Å². The smallest absolute Gasteiger partial charge is 0.257 e. The van der Waals surface area contributed by atoms with Gasteiger partial charge in [0, 0.05) is 26.7 Å². The molecule has 0 saturated heterocycles. The number of guanidine groups is 1. The molecule has 1 unspecified atom stereocenters. The van der Waals surface area contributed by atoms with E-state index >= 15 is 0 Å². The quantitative estimate of drug-likeness (QED) is 0.413. The number of likely N-dealkylation sites (N-methyl/N-ethyl adjacent to an activating group) is 1. The highest BCUT2D eigenvalue weighted by atomic mass is 16.5. The fraction of sp³-hybridized carbons (Fsp3) is 0.391. The summed E-state index contributed by atoms with van der Waals surface area (Å²) >= 11 is 0. The molecule has 1 amide bonds. The second kappa shape index (κ2) is 12.4. The number of benzene rings is 2. The van der Waals surface area contributed by atoms with E-state index in [0.717, 1.165) is 18.1 Å². The normalized spacial score (nSPS) is 12.1. The third kappa shape index (κ3) is 7.31. The predicted octanol–water partition coefficient (Wildman–Crippen LogP) is 2.68. The van der Waals surface area contributed by atoms with E-state index in [9.17, 15) is 4.79 Å². The maximum atomic E-state index is 11.6. The predicted molar refractivity (Wildman–Crippen MR) is 120 cm³/mol. The number of carbonyl (C=O) groups excluding carboxylic acids is 1. The van der Waals surface area contributed by atoms with E-state index in [1.807, 2.05) is 31.2 Å². The Morgan fingerprint density at radius 1 is 1.07 bits per heavy atom. The van der Waals surface area contributed by atoms with Crippen LogP contribution in [0.25, 0.3) is 0 Å². The molecule has 2 aromatic rings. The summed E-state index contributed by atoms with van der Waals surface area (Å²) in [5, 5.41) is 9.37. The van der Waals surface area contributed by atoms with Crippen LogP contribution in [0.4, 0.5) is 0 Å². The Morgan fingerprint density at radius 2 is 1.83 bits per heavy atom. The molecule has 2 rings (SSSR count). The lowest BCUT2D eigenvalue weighted by atomic mass is 10.0. The molecule has 0 heterocycles. The zero-order chi connectivity index (χ0) is 21.8. The van der Waals surface area contributed by atoms with Gasteiger partial charge in [-0.25, -0.2) is 0 Å². The largest absolute Gasteiger partial charge is 0.493 e. The number of aliphatic imine (C=N–C) groups is 1. The number of hydrogen-bond donors (Lipinski definition) is 3. The molecular formula is C23H32N4O3. The van der Waals surface area contributed by atoms with E-state index in [4.69, 9.17) is 9.47 Å². The average molecular weight is 413 g/mol. The third-order valence-corrected chi connectivity index (χ3v) is 4.59. The van der Waals surface area contributed by atoms with Gasteiger partial charge in [0.25, 0.3) is 5.91 Å². The molecule has 3 N–H and O–H groups in total. The minimum Gasteiger partial charge on any atom is -0.493 e. The Balaban J connectivity index is 1.88. The van der Waals surface area contributed by atoms with Crippen LogP contribution in [-0.2, 0) is 11.3 Å². The number of hydrogen-bond acceptors (Lipinski definition) is 4. The van der Waals surface area contributed by atoms with Crippen molar-refractivity contribution in [2.24, 2.45) is 4.99 Å². The molecule has 0 aliphatic heterocycles. The lowest BCUT2D eigenvalue weighted by Crippen LogP contribution is -2.38. The molecule has 7 heteroatoms. The van der Waals surface area contributed by atoms with Gasteiger partial charge in [-0.1, -0.05) is 43.3 Å². The average Bonchev–Trinajstić information content (AvgIpc) is 2.78. The maximum absolute atomic E-state index is 11.6. The summed E-state index contributed by atoms with van der Waals surface area (Å²) in [6.45, 7) is 5.93. The van der Waals surface area contributed by atoms with Gasteiger partial charge in [-0.2, -0.15) is 0 Å². The van der Waals surface area contributed by atoms with Crippen molar-refractivity contribution in [2.45, 2.75) is 26.3 Å². The standard InChI is InChI=1S/C23H32N4O3/c1-5-25-22(28)16-30-20-12-11-18(13-21(20)29-4)15-27-23(24-3)26-14-17(2)19-9-7-6-8-10-19/h6-13,17H,5,14-16H2,1-4H3,(H,25,28)(H2,24,26,27). The van der Waals surface area contributed by atoms with Gasteiger partial charge in [-0.05, 0) is 36.1 Å². The molecule has 0 radical (unpaired) electrons. The van der Waals surface area contributed by atoms with Gasteiger partial charge in [0.1, 0.15) is 0 Å². The molecule has 162 valence electrons. The summed E-state index contributed by atoms with van der Waals surface area (Å²) in [7, 11) is 3.33. The SMILES string of the molecule is CCNC(=O)COc1ccc(CNC(=NC)NCC(C)c2ccccc2)cc1OC. The Hall–Kier alpha value is -3.22. The number of rotatable bonds is 10. The van der Waals surface area contributed by atoms with E-state index in [2.05, 4.69) is 52.1 Å². The van der Waals surface area contributed by atoms with E-state index in [0.29, 0.717) is 30.5 Å². The monoisotopic (exact) mass is 412 g/mol. The van der Waals surface area contributed by atoms with E-state index in [1.54, 1.807) is 14.2 Å². The van der Waals surface area contributed by atoms with Gasteiger partial charge in [0.2, 0.25) is 0 Å². The van der Waals surface area contributed by atoms with Crippen molar-refractivity contribution in [3.8, 4) is 11.5 Å². The molecule has 0 spiro atoms. The van der Waals surface area contributed by atoms with Gasteiger partial charge in [0.05, 0.1) is 7.11 Å². The van der Waals surface area contributed by atoms with Crippen LogP contribution in [0.15, 0.2) is 53.5 Å². The maximum Gasteiger partial charge on any atom is 0.257 e. The Kier molecular flexibility index (Phi) is 9.51. The summed E-state index contributed by atoms with van der Waals surface area (Å²) < 4.78 is 11.0. The molecule has 2 aromatic carbocycles. The van der Waals surface area contributed by atoms with Crippen LogP contribution in [0.1, 0.15) is 30.9 Å². The third-order valence-electron chi connectivity index (χ3n) is 4.59. The van der Waals surface area contributed by atoms with Crippen molar-refractivity contribution in [3.63, 3.8) is 0 Å². The molecule has 0 aromatic heterocycles. The molecule has 0 aliphatic carbocycles. The summed E-state index contributed by atoms with van der Waals surface area (Å²) in [5.41, 5.74) is 2.30. The van der Waals surface area contributed by atoms with Gasteiger partial charge in [-0.3, -0.25) is 9.79 Å². The number of ether oxygens (including phenoxy) is 2. The highest BCUT2D eigenvalue weighted by Crippen LogP contribution is 2.28. The molecule has 1 atom stereocenters. The highest BCUT2D eigenvalue weighted by molar-refractivity contribution is 5.79. The summed E-state index contributed by atoms with van der Waals surface area (Å²) in [6.07, 6.45) is 0. The Labute approximate surface area is 178 Å². The molecular weight excluding hydrogens is 380 g/mol. The first kappa shape index (κ1) is 23.1. The zero-order valence-electron chi connectivity index (χ0n) is 18.2. The fourth-order valence-electron chi connectivity index (χ4n) is 2.89. The molecule has 0 aliphatic rings. The van der Waals surface area contributed by atoms with Crippen molar-refractivity contribution in [1.82, 2.24) is 16.0 Å². The number of carbonyl (C=O) groups is 1.